The first-order valence-electron chi connectivity index (χ1n) is 32.4. The predicted octanol–water partition coefficient (Wildman–Crippen LogP) is 20.9. The molecule has 0 saturated heterocycles. The smallest absolute Gasteiger partial charge is 0.497 e. The Hall–Kier alpha value is -11.5. The highest BCUT2D eigenvalue weighted by Crippen LogP contribution is 2.46. The van der Waals surface area contributed by atoms with Gasteiger partial charge in [0.2, 0.25) is 0 Å². The van der Waals surface area contributed by atoms with Gasteiger partial charge in [0, 0.05) is 18.3 Å². The van der Waals surface area contributed by atoms with Crippen LogP contribution in [-0.4, -0.2) is 37.7 Å². The summed E-state index contributed by atoms with van der Waals surface area (Å²) in [5.41, 5.74) is 10.1. The molecule has 15 heteroatoms. The first-order valence-corrected chi connectivity index (χ1v) is 32.4. The van der Waals surface area contributed by atoms with Crippen molar-refractivity contribution in [3.8, 4) is 79.7 Å². The fourth-order valence-electron chi connectivity index (χ4n) is 11.4. The topological polar surface area (TPSA) is 178 Å². The maximum atomic E-state index is 12.8. The van der Waals surface area contributed by atoms with E-state index in [1.54, 1.807) is 116 Å². The van der Waals surface area contributed by atoms with Crippen LogP contribution in [0.25, 0.3) is 22.3 Å². The van der Waals surface area contributed by atoms with Crippen molar-refractivity contribution in [2.24, 2.45) is 0 Å². The van der Waals surface area contributed by atoms with E-state index in [9.17, 15) is 24.0 Å². The van der Waals surface area contributed by atoms with Crippen LogP contribution >= 0.6 is 0 Å². The highest BCUT2D eigenvalue weighted by atomic mass is 16.7. The summed E-state index contributed by atoms with van der Waals surface area (Å²) in [6, 6.07) is 73.5. The second kappa shape index (κ2) is 31.4. The largest absolute Gasteiger partial charge is 0.519 e. The fraction of sp³-hybridized carbons (Fsp3) is 0.217. The van der Waals surface area contributed by atoms with Crippen LogP contribution in [0.3, 0.4) is 0 Å². The van der Waals surface area contributed by atoms with Gasteiger partial charge in [-0.2, -0.15) is 0 Å². The third-order valence-corrected chi connectivity index (χ3v) is 16.9. The molecule has 0 N–H and O–H groups in total. The van der Waals surface area contributed by atoms with Gasteiger partial charge in [-0.3, -0.25) is 4.79 Å². The Bertz CT molecular complexity index is 4300. The van der Waals surface area contributed by atoms with Crippen molar-refractivity contribution in [2.45, 2.75) is 110 Å². The highest BCUT2D eigenvalue weighted by molar-refractivity contribution is 5.73. The summed E-state index contributed by atoms with van der Waals surface area (Å²) in [6.07, 6.45) is 1.93. The monoisotopic (exact) mass is 1310 g/mol. The Morgan fingerprint density at radius 2 is 0.531 bits per heavy atom. The van der Waals surface area contributed by atoms with Gasteiger partial charge in [-0.05, 0) is 201 Å². The van der Waals surface area contributed by atoms with E-state index >= 15 is 0 Å². The molecule has 15 nitrogen and oxygen atoms in total. The second-order valence-corrected chi connectivity index (χ2v) is 25.8. The minimum absolute atomic E-state index is 0.00474. The van der Waals surface area contributed by atoms with Crippen molar-refractivity contribution in [3.63, 3.8) is 0 Å². The van der Waals surface area contributed by atoms with Crippen LogP contribution in [-0.2, 0) is 21.0 Å². The molecule has 0 heterocycles. The van der Waals surface area contributed by atoms with E-state index in [4.69, 9.17) is 47.4 Å². The number of benzene rings is 10. The maximum Gasteiger partial charge on any atom is 0.519 e. The number of rotatable bonds is 16. The van der Waals surface area contributed by atoms with Crippen molar-refractivity contribution >= 4 is 30.6 Å². The van der Waals surface area contributed by atoms with Crippen molar-refractivity contribution in [1.29, 1.82) is 0 Å². The molecule has 1 atom stereocenters. The average Bonchev–Trinajstić information content (AvgIpc) is 0.770. The van der Waals surface area contributed by atoms with Crippen molar-refractivity contribution < 1.29 is 71.3 Å². The van der Waals surface area contributed by atoms with Crippen LogP contribution in [0.4, 0.5) is 19.2 Å². The number of methoxy groups -OCH3 is 1. The average molecular weight is 1320 g/mol. The molecule has 98 heavy (non-hydrogen) atoms. The summed E-state index contributed by atoms with van der Waals surface area (Å²) < 4.78 is 53.6. The first-order chi connectivity index (χ1) is 47.0. The van der Waals surface area contributed by atoms with Crippen LogP contribution in [0.15, 0.2) is 243 Å². The van der Waals surface area contributed by atoms with Gasteiger partial charge in [0.1, 0.15) is 57.5 Å². The van der Waals surface area contributed by atoms with Crippen molar-refractivity contribution in [1.82, 2.24) is 0 Å². The maximum absolute atomic E-state index is 12.8. The van der Waals surface area contributed by atoms with E-state index < -0.39 is 24.6 Å². The van der Waals surface area contributed by atoms with Gasteiger partial charge >= 0.3 is 30.6 Å². The minimum atomic E-state index is -0.854. The Kier molecular flexibility index (Phi) is 22.2. The standard InChI is InChI=1S/C53H52O9.C30H26O6/c1-51(2,3)38-14-26-44(27-15-38)59-48(54)57-42-22-10-36(11-23-42)37-12-24-43(25-13-37)58-49(55)61-46-30-18-40(19-31-46)53(34-8-7-9-35-53)41-20-32-47(33-21-41)62-50(56)60-45-28-16-39(17-29-45)52(4,5)6;1-20(22-4-12-26(33-3)13-5-22)23-6-14-28(15-7-23)35-30(32)36-29-18-10-25(11-19-29)24-8-16-27(17-9-24)34-21(2)31/h10-33H,7-9,34-35H2,1-6H3;4-20H,1-3H3. The molecule has 11 rings (SSSR count). The zero-order chi connectivity index (χ0) is 69.4. The number of carbonyl (C=O) groups is 5. The molecule has 0 aliphatic heterocycles. The van der Waals surface area contributed by atoms with Gasteiger partial charge in [-0.15, -0.1) is 0 Å². The first kappa shape index (κ1) is 69.4. The summed E-state index contributed by atoms with van der Waals surface area (Å²) in [4.78, 5) is 61.1. The Morgan fingerprint density at radius 1 is 0.306 bits per heavy atom. The molecule has 0 radical (unpaired) electrons. The summed E-state index contributed by atoms with van der Waals surface area (Å²) in [7, 11) is 1.65. The van der Waals surface area contributed by atoms with E-state index in [1.807, 2.05) is 133 Å². The highest BCUT2D eigenvalue weighted by Gasteiger charge is 2.36. The summed E-state index contributed by atoms with van der Waals surface area (Å²) in [6.45, 7) is 16.2. The normalized spacial score (nSPS) is 12.8. The molecule has 10 aromatic carbocycles. The number of hydrogen-bond donors (Lipinski definition) is 0. The summed E-state index contributed by atoms with van der Waals surface area (Å²) in [5.74, 6) is 4.12. The lowest BCUT2D eigenvalue weighted by Gasteiger charge is -2.38. The van der Waals surface area contributed by atoms with E-state index in [1.165, 1.54) is 6.92 Å². The van der Waals surface area contributed by atoms with E-state index in [2.05, 4.69) is 48.5 Å². The van der Waals surface area contributed by atoms with Crippen LogP contribution in [0, 0.1) is 0 Å². The molecule has 500 valence electrons. The third kappa shape index (κ3) is 18.9. The van der Waals surface area contributed by atoms with Crippen LogP contribution in [0.2, 0.25) is 0 Å². The lowest BCUT2D eigenvalue weighted by Crippen LogP contribution is -2.30. The molecule has 0 aromatic heterocycles. The SMILES string of the molecule is CC(C)(C)c1ccc(OC(=O)Oc2ccc(-c3ccc(OC(=O)Oc4ccc(C5(c6ccc(OC(=O)Oc7ccc(C(C)(C)C)cc7)cc6)CCCCC5)cc4)cc3)cc2)cc1.COc1ccc(C(C)c2ccc(OC(=O)Oc3ccc(-c4ccc(OC(C)=O)cc4)cc3)cc2)cc1. The Balaban J connectivity index is 0.000000245. The molecular weight excluding hydrogens is 1240 g/mol. The molecule has 0 bridgehead atoms. The predicted molar refractivity (Wildman–Crippen MR) is 376 cm³/mol. The summed E-state index contributed by atoms with van der Waals surface area (Å²) in [5, 5.41) is 0. The zero-order valence-electron chi connectivity index (χ0n) is 56.3. The fourth-order valence-corrected chi connectivity index (χ4v) is 11.4. The molecule has 0 spiro atoms. The number of ether oxygens (including phenoxy) is 10. The quantitative estimate of drug-likeness (QED) is 0.0506. The van der Waals surface area contributed by atoms with E-state index in [0.717, 1.165) is 93.5 Å². The molecule has 1 aliphatic carbocycles. The third-order valence-electron chi connectivity index (χ3n) is 16.9. The van der Waals surface area contributed by atoms with Crippen molar-refractivity contribution in [3.05, 3.63) is 276 Å². The van der Waals surface area contributed by atoms with Gasteiger partial charge < -0.3 is 47.4 Å². The van der Waals surface area contributed by atoms with E-state index in [-0.39, 0.29) is 28.1 Å². The lowest BCUT2D eigenvalue weighted by atomic mass is 9.65. The number of carbonyl (C=O) groups excluding carboxylic acids is 5. The summed E-state index contributed by atoms with van der Waals surface area (Å²) >= 11 is 0. The molecule has 1 unspecified atom stereocenters. The zero-order valence-corrected chi connectivity index (χ0v) is 56.3. The van der Waals surface area contributed by atoms with Gasteiger partial charge in [0.15, 0.2) is 0 Å². The Labute approximate surface area is 571 Å². The molecule has 1 saturated carbocycles. The van der Waals surface area contributed by atoms with E-state index in [0.29, 0.717) is 51.7 Å². The molecule has 0 amide bonds. The van der Waals surface area contributed by atoms with Crippen LogP contribution in [0.1, 0.15) is 127 Å². The number of esters is 1. The lowest BCUT2D eigenvalue weighted by molar-refractivity contribution is -0.131. The van der Waals surface area contributed by atoms with Gasteiger partial charge in [0.05, 0.1) is 7.11 Å². The number of hydrogen-bond acceptors (Lipinski definition) is 15. The molecule has 1 fully saturated rings. The molecule has 1 aliphatic rings. The second-order valence-electron chi connectivity index (χ2n) is 25.8. The van der Waals surface area contributed by atoms with Crippen molar-refractivity contribution in [2.75, 3.05) is 7.11 Å². The molecule has 10 aromatic rings. The van der Waals surface area contributed by atoms with Gasteiger partial charge in [-0.1, -0.05) is 189 Å². The molecular formula is C83H78O15. The Morgan fingerprint density at radius 3 is 0.776 bits per heavy atom. The van der Waals surface area contributed by atoms with Gasteiger partial charge in [-0.25, -0.2) is 19.2 Å². The van der Waals surface area contributed by atoms with Gasteiger partial charge in [0.25, 0.3) is 0 Å². The van der Waals surface area contributed by atoms with Crippen LogP contribution in [0.5, 0.6) is 57.5 Å². The van der Waals surface area contributed by atoms with Crippen LogP contribution < -0.4 is 47.4 Å². The minimum Gasteiger partial charge on any atom is -0.497 e.